The Morgan fingerprint density at radius 2 is 1.96 bits per heavy atom. The molecule has 1 saturated heterocycles. The molecule has 0 aromatic heterocycles. The Kier molecular flexibility index (Phi) is 8.79. The molecule has 0 bridgehead atoms. The van der Waals surface area contributed by atoms with Crippen LogP contribution in [0.4, 0.5) is 0 Å². The predicted octanol–water partition coefficient (Wildman–Crippen LogP) is 4.12. The minimum absolute atomic E-state index is 0.0711. The fraction of sp³-hybridized carbons (Fsp3) is 0.600. The van der Waals surface area contributed by atoms with Crippen LogP contribution in [0.25, 0.3) is 0 Å². The number of nitrogens with one attached hydrogen (secondary N) is 1. The number of amides is 2. The van der Waals surface area contributed by atoms with Crippen molar-refractivity contribution in [1.82, 2.24) is 10.2 Å². The maximum absolute atomic E-state index is 12.4. The van der Waals surface area contributed by atoms with E-state index in [1.54, 1.807) is 11.8 Å². The topological polar surface area (TPSA) is 49.4 Å². The molecule has 1 fully saturated rings. The van der Waals surface area contributed by atoms with Crippen molar-refractivity contribution in [3.8, 4) is 0 Å². The fourth-order valence-corrected chi connectivity index (χ4v) is 4.30. The summed E-state index contributed by atoms with van der Waals surface area (Å²) in [5, 5.41) is 3.83. The van der Waals surface area contributed by atoms with Gasteiger partial charge >= 0.3 is 0 Å². The number of benzene rings is 1. The van der Waals surface area contributed by atoms with Gasteiger partial charge in [0.1, 0.15) is 0 Å². The molecule has 1 aromatic carbocycles. The molecule has 1 aromatic rings. The Morgan fingerprint density at radius 1 is 1.27 bits per heavy atom. The van der Waals surface area contributed by atoms with Crippen LogP contribution >= 0.6 is 23.4 Å². The Morgan fingerprint density at radius 3 is 2.58 bits per heavy atom. The molecule has 6 heteroatoms. The van der Waals surface area contributed by atoms with Crippen LogP contribution in [0.1, 0.15) is 45.1 Å². The molecular weight excluding hydrogens is 368 g/mol. The first-order valence-corrected chi connectivity index (χ1v) is 11.0. The van der Waals surface area contributed by atoms with Gasteiger partial charge < -0.3 is 10.2 Å². The molecule has 0 radical (unpaired) electrons. The Hall–Kier alpha value is -1.20. The van der Waals surface area contributed by atoms with Gasteiger partial charge in [-0.2, -0.15) is 0 Å². The largest absolute Gasteiger partial charge is 0.353 e. The lowest BCUT2D eigenvalue weighted by atomic mass is 9.98. The third-order valence-electron chi connectivity index (χ3n) is 4.90. The van der Waals surface area contributed by atoms with E-state index in [9.17, 15) is 9.59 Å². The van der Waals surface area contributed by atoms with E-state index in [0.717, 1.165) is 55.1 Å². The van der Waals surface area contributed by atoms with Crippen molar-refractivity contribution in [2.75, 3.05) is 18.8 Å². The molecule has 1 aliphatic rings. The van der Waals surface area contributed by atoms with E-state index < -0.39 is 0 Å². The van der Waals surface area contributed by atoms with Crippen LogP contribution in [0.15, 0.2) is 24.3 Å². The van der Waals surface area contributed by atoms with Crippen molar-refractivity contribution in [2.45, 2.75) is 51.3 Å². The maximum atomic E-state index is 12.4. The summed E-state index contributed by atoms with van der Waals surface area (Å²) in [6, 6.07) is 7.90. The quantitative estimate of drug-likeness (QED) is 0.719. The fourth-order valence-electron chi connectivity index (χ4n) is 3.30. The summed E-state index contributed by atoms with van der Waals surface area (Å²) in [6.45, 7) is 5.63. The van der Waals surface area contributed by atoms with Crippen LogP contribution in [-0.2, 0) is 15.3 Å². The van der Waals surface area contributed by atoms with E-state index in [1.165, 1.54) is 0 Å². The summed E-state index contributed by atoms with van der Waals surface area (Å²) < 4.78 is 0. The molecule has 0 saturated carbocycles. The predicted molar refractivity (Wildman–Crippen MR) is 109 cm³/mol. The number of piperidine rings is 1. The van der Waals surface area contributed by atoms with Crippen molar-refractivity contribution in [3.05, 3.63) is 34.9 Å². The SMILES string of the molecule is CCC(CC)C(=O)N1CCC(NC(=O)CSCc2cccc(Cl)c2)CC1. The van der Waals surface area contributed by atoms with Gasteiger partial charge in [0.2, 0.25) is 11.8 Å². The van der Waals surface area contributed by atoms with Gasteiger partial charge in [0, 0.05) is 35.8 Å². The monoisotopic (exact) mass is 396 g/mol. The van der Waals surface area contributed by atoms with Gasteiger partial charge in [-0.25, -0.2) is 0 Å². The van der Waals surface area contributed by atoms with E-state index in [0.29, 0.717) is 5.75 Å². The number of rotatable bonds is 8. The van der Waals surface area contributed by atoms with Crippen molar-refractivity contribution in [1.29, 1.82) is 0 Å². The summed E-state index contributed by atoms with van der Waals surface area (Å²) in [5.74, 6) is 1.71. The Bertz CT molecular complexity index is 599. The molecule has 26 heavy (non-hydrogen) atoms. The van der Waals surface area contributed by atoms with E-state index in [1.807, 2.05) is 29.2 Å². The average Bonchev–Trinajstić information content (AvgIpc) is 2.63. The summed E-state index contributed by atoms with van der Waals surface area (Å²) in [7, 11) is 0. The van der Waals surface area contributed by atoms with Crippen LogP contribution < -0.4 is 5.32 Å². The number of carbonyl (C=O) groups is 2. The minimum atomic E-state index is 0.0711. The summed E-state index contributed by atoms with van der Waals surface area (Å²) in [6.07, 6.45) is 3.48. The highest BCUT2D eigenvalue weighted by Crippen LogP contribution is 2.19. The Labute approximate surface area is 166 Å². The maximum Gasteiger partial charge on any atom is 0.230 e. The Balaban J connectivity index is 1.67. The standard InChI is InChI=1S/C20H29ClN2O2S/c1-3-16(4-2)20(25)23-10-8-18(9-11-23)22-19(24)14-26-13-15-6-5-7-17(21)12-15/h5-7,12,16,18H,3-4,8-11,13-14H2,1-2H3,(H,22,24). The molecule has 0 unspecified atom stereocenters. The molecule has 0 spiro atoms. The van der Waals surface area contributed by atoms with Gasteiger partial charge in [0.05, 0.1) is 5.75 Å². The first kappa shape index (κ1) is 21.1. The zero-order valence-electron chi connectivity index (χ0n) is 15.7. The van der Waals surface area contributed by atoms with E-state index in [-0.39, 0.29) is 23.8 Å². The van der Waals surface area contributed by atoms with Crippen LogP contribution in [-0.4, -0.2) is 41.6 Å². The van der Waals surface area contributed by atoms with Gasteiger partial charge in [-0.1, -0.05) is 37.6 Å². The molecule has 1 N–H and O–H groups in total. The number of nitrogens with zero attached hydrogens (tertiary/aromatic N) is 1. The van der Waals surface area contributed by atoms with E-state index >= 15 is 0 Å². The second kappa shape index (κ2) is 10.8. The van der Waals surface area contributed by atoms with Crippen molar-refractivity contribution in [2.24, 2.45) is 5.92 Å². The van der Waals surface area contributed by atoms with E-state index in [2.05, 4.69) is 19.2 Å². The molecule has 1 aliphatic heterocycles. The molecular formula is C20H29ClN2O2S. The van der Waals surface area contributed by atoms with Crippen molar-refractivity contribution in [3.63, 3.8) is 0 Å². The molecule has 1 heterocycles. The van der Waals surface area contributed by atoms with E-state index in [4.69, 9.17) is 11.6 Å². The normalized spacial score (nSPS) is 15.3. The number of halogens is 1. The smallest absolute Gasteiger partial charge is 0.230 e. The molecule has 2 rings (SSSR count). The summed E-state index contributed by atoms with van der Waals surface area (Å²) in [4.78, 5) is 26.5. The summed E-state index contributed by atoms with van der Waals surface area (Å²) >= 11 is 7.56. The number of thioether (sulfide) groups is 1. The minimum Gasteiger partial charge on any atom is -0.353 e. The average molecular weight is 397 g/mol. The second-order valence-corrected chi connectivity index (χ2v) is 8.23. The number of hydrogen-bond donors (Lipinski definition) is 1. The number of hydrogen-bond acceptors (Lipinski definition) is 3. The second-order valence-electron chi connectivity index (χ2n) is 6.80. The van der Waals surface area contributed by atoms with Crippen LogP contribution in [0.2, 0.25) is 5.02 Å². The summed E-state index contributed by atoms with van der Waals surface area (Å²) in [5.41, 5.74) is 1.13. The number of likely N-dealkylation sites (tertiary alicyclic amines) is 1. The zero-order chi connectivity index (χ0) is 18.9. The molecule has 0 atom stereocenters. The first-order valence-electron chi connectivity index (χ1n) is 9.43. The van der Waals surface area contributed by atoms with Crippen LogP contribution in [0.5, 0.6) is 0 Å². The van der Waals surface area contributed by atoms with Gasteiger partial charge in [0.25, 0.3) is 0 Å². The first-order chi connectivity index (χ1) is 12.5. The van der Waals surface area contributed by atoms with Gasteiger partial charge in [-0.15, -0.1) is 11.8 Å². The highest BCUT2D eigenvalue weighted by atomic mass is 35.5. The van der Waals surface area contributed by atoms with Crippen LogP contribution in [0.3, 0.4) is 0 Å². The zero-order valence-corrected chi connectivity index (χ0v) is 17.2. The lowest BCUT2D eigenvalue weighted by Gasteiger charge is -2.34. The van der Waals surface area contributed by atoms with Crippen LogP contribution in [0, 0.1) is 5.92 Å². The lowest BCUT2D eigenvalue weighted by molar-refractivity contribution is -0.136. The van der Waals surface area contributed by atoms with Gasteiger partial charge in [-0.3, -0.25) is 9.59 Å². The highest BCUT2D eigenvalue weighted by molar-refractivity contribution is 7.99. The molecule has 2 amide bonds. The number of carbonyl (C=O) groups excluding carboxylic acids is 2. The molecule has 144 valence electrons. The highest BCUT2D eigenvalue weighted by Gasteiger charge is 2.27. The van der Waals surface area contributed by atoms with Crippen molar-refractivity contribution < 1.29 is 9.59 Å². The van der Waals surface area contributed by atoms with Gasteiger partial charge in [-0.05, 0) is 43.4 Å². The third-order valence-corrected chi connectivity index (χ3v) is 6.14. The molecule has 4 nitrogen and oxygen atoms in total. The van der Waals surface area contributed by atoms with Crippen molar-refractivity contribution >= 4 is 35.2 Å². The van der Waals surface area contributed by atoms with Gasteiger partial charge in [0.15, 0.2) is 0 Å². The molecule has 0 aliphatic carbocycles. The third kappa shape index (κ3) is 6.51. The lowest BCUT2D eigenvalue weighted by Crippen LogP contribution is -2.48.